The third kappa shape index (κ3) is 3.64. The molecule has 1 aromatic carbocycles. The SMILES string of the molecule is C=CCNC(C(=O)OC)c1ccc(Br)c(F)c1. The Hall–Kier alpha value is -1.20. The van der Waals surface area contributed by atoms with Gasteiger partial charge in [-0.15, -0.1) is 6.58 Å². The Morgan fingerprint density at radius 1 is 1.71 bits per heavy atom. The summed E-state index contributed by atoms with van der Waals surface area (Å²) >= 11 is 3.06. The van der Waals surface area contributed by atoms with Crippen molar-refractivity contribution >= 4 is 21.9 Å². The van der Waals surface area contributed by atoms with Crippen LogP contribution in [0.3, 0.4) is 0 Å². The molecule has 1 unspecified atom stereocenters. The first kappa shape index (κ1) is 13.9. The Morgan fingerprint density at radius 3 is 2.94 bits per heavy atom. The minimum absolute atomic E-state index is 0.355. The number of nitrogens with one attached hydrogen (secondary N) is 1. The first-order valence-corrected chi connectivity index (χ1v) is 5.76. The number of hydrogen-bond acceptors (Lipinski definition) is 3. The molecule has 1 atom stereocenters. The van der Waals surface area contributed by atoms with Crippen LogP contribution in [-0.4, -0.2) is 19.6 Å². The molecule has 0 saturated heterocycles. The summed E-state index contributed by atoms with van der Waals surface area (Å²) in [6.45, 7) is 3.97. The molecule has 0 saturated carbocycles. The maximum atomic E-state index is 13.4. The van der Waals surface area contributed by atoms with Gasteiger partial charge in [-0.1, -0.05) is 12.1 Å². The fourth-order valence-corrected chi connectivity index (χ4v) is 1.59. The van der Waals surface area contributed by atoms with Gasteiger partial charge in [-0.25, -0.2) is 9.18 Å². The second-order valence-corrected chi connectivity index (χ2v) is 4.18. The van der Waals surface area contributed by atoms with Crippen molar-refractivity contribution in [1.29, 1.82) is 0 Å². The van der Waals surface area contributed by atoms with E-state index >= 15 is 0 Å². The highest BCUT2D eigenvalue weighted by Gasteiger charge is 2.21. The van der Waals surface area contributed by atoms with Crippen LogP contribution in [0.15, 0.2) is 35.3 Å². The lowest BCUT2D eigenvalue weighted by Gasteiger charge is -2.16. The number of carbonyl (C=O) groups excluding carboxylic acids is 1. The van der Waals surface area contributed by atoms with Gasteiger partial charge in [-0.2, -0.15) is 0 Å². The lowest BCUT2D eigenvalue weighted by atomic mass is 10.1. The number of benzene rings is 1. The first-order valence-electron chi connectivity index (χ1n) is 4.97. The maximum Gasteiger partial charge on any atom is 0.327 e. The van der Waals surface area contributed by atoms with E-state index in [2.05, 4.69) is 32.6 Å². The van der Waals surface area contributed by atoms with Gasteiger partial charge in [0, 0.05) is 6.54 Å². The largest absolute Gasteiger partial charge is 0.468 e. The molecule has 0 aromatic heterocycles. The maximum absolute atomic E-state index is 13.4. The molecule has 0 aliphatic carbocycles. The van der Waals surface area contributed by atoms with Crippen molar-refractivity contribution in [2.45, 2.75) is 6.04 Å². The zero-order chi connectivity index (χ0) is 12.8. The summed E-state index contributed by atoms with van der Waals surface area (Å²) in [4.78, 5) is 11.6. The first-order chi connectivity index (χ1) is 8.10. The summed E-state index contributed by atoms with van der Waals surface area (Å²) in [6, 6.07) is 3.81. The quantitative estimate of drug-likeness (QED) is 0.671. The second kappa shape index (κ2) is 6.51. The molecule has 0 spiro atoms. The van der Waals surface area contributed by atoms with Gasteiger partial charge in [0.2, 0.25) is 0 Å². The van der Waals surface area contributed by atoms with Crippen molar-refractivity contribution in [3.63, 3.8) is 0 Å². The predicted octanol–water partition coefficient (Wildman–Crippen LogP) is 2.58. The fourth-order valence-electron chi connectivity index (χ4n) is 1.35. The van der Waals surface area contributed by atoms with Crippen molar-refractivity contribution in [3.8, 4) is 0 Å². The molecule has 1 N–H and O–H groups in total. The highest BCUT2D eigenvalue weighted by atomic mass is 79.9. The summed E-state index contributed by atoms with van der Waals surface area (Å²) in [7, 11) is 1.29. The van der Waals surface area contributed by atoms with Crippen LogP contribution < -0.4 is 5.32 Å². The monoisotopic (exact) mass is 301 g/mol. The summed E-state index contributed by atoms with van der Waals surface area (Å²) in [5, 5.41) is 2.91. The second-order valence-electron chi connectivity index (χ2n) is 3.33. The predicted molar refractivity (Wildman–Crippen MR) is 67.1 cm³/mol. The number of hydrogen-bond donors (Lipinski definition) is 1. The van der Waals surface area contributed by atoms with E-state index in [9.17, 15) is 9.18 Å². The molecule has 0 bridgehead atoms. The number of esters is 1. The Morgan fingerprint density at radius 2 is 2.41 bits per heavy atom. The van der Waals surface area contributed by atoms with Gasteiger partial charge in [0.25, 0.3) is 0 Å². The van der Waals surface area contributed by atoms with Crippen LogP contribution in [-0.2, 0) is 9.53 Å². The zero-order valence-corrected chi connectivity index (χ0v) is 11.0. The molecule has 0 radical (unpaired) electrons. The fraction of sp³-hybridized carbons (Fsp3) is 0.250. The third-order valence-corrected chi connectivity index (χ3v) is 2.82. The van der Waals surface area contributed by atoms with Crippen LogP contribution in [0.5, 0.6) is 0 Å². The number of ether oxygens (including phenoxy) is 1. The molecule has 1 aromatic rings. The van der Waals surface area contributed by atoms with E-state index in [1.54, 1.807) is 18.2 Å². The number of halogens is 2. The van der Waals surface area contributed by atoms with E-state index in [-0.39, 0.29) is 0 Å². The summed E-state index contributed by atoms with van der Waals surface area (Å²) in [5.41, 5.74) is 0.513. The Labute approximate surface area is 108 Å². The smallest absolute Gasteiger partial charge is 0.327 e. The van der Waals surface area contributed by atoms with Crippen LogP contribution >= 0.6 is 15.9 Å². The molecule has 0 aliphatic rings. The van der Waals surface area contributed by atoms with Gasteiger partial charge >= 0.3 is 5.97 Å². The molecule has 0 fully saturated rings. The average Bonchev–Trinajstić information content (AvgIpc) is 2.33. The number of carbonyl (C=O) groups is 1. The molecule has 17 heavy (non-hydrogen) atoms. The molecule has 0 aliphatic heterocycles. The van der Waals surface area contributed by atoms with Gasteiger partial charge in [-0.3, -0.25) is 5.32 Å². The van der Waals surface area contributed by atoms with Crippen LogP contribution in [0.2, 0.25) is 0 Å². The highest BCUT2D eigenvalue weighted by molar-refractivity contribution is 9.10. The molecule has 3 nitrogen and oxygen atoms in total. The van der Waals surface area contributed by atoms with E-state index in [0.29, 0.717) is 16.6 Å². The van der Waals surface area contributed by atoms with E-state index in [1.165, 1.54) is 13.2 Å². The van der Waals surface area contributed by atoms with Crippen LogP contribution in [0.25, 0.3) is 0 Å². The summed E-state index contributed by atoms with van der Waals surface area (Å²) < 4.78 is 18.4. The van der Waals surface area contributed by atoms with E-state index < -0.39 is 17.8 Å². The van der Waals surface area contributed by atoms with Gasteiger partial charge in [-0.05, 0) is 33.6 Å². The minimum atomic E-state index is -0.694. The molecule has 0 heterocycles. The van der Waals surface area contributed by atoms with Gasteiger partial charge in [0.1, 0.15) is 11.9 Å². The normalized spacial score (nSPS) is 11.9. The average molecular weight is 302 g/mol. The standard InChI is InChI=1S/C12H13BrFNO2/c1-3-6-15-11(12(16)17-2)8-4-5-9(13)10(14)7-8/h3-5,7,11,15H,1,6H2,2H3. The molecular weight excluding hydrogens is 289 g/mol. The summed E-state index contributed by atoms with van der Waals surface area (Å²) in [6.07, 6.45) is 1.62. The van der Waals surface area contributed by atoms with Crippen molar-refractivity contribution in [2.75, 3.05) is 13.7 Å². The Balaban J connectivity index is 2.98. The van der Waals surface area contributed by atoms with E-state index in [1.807, 2.05) is 0 Å². The third-order valence-electron chi connectivity index (χ3n) is 2.18. The molecule has 92 valence electrons. The van der Waals surface area contributed by atoms with E-state index in [0.717, 1.165) is 0 Å². The van der Waals surface area contributed by atoms with Gasteiger partial charge in [0.15, 0.2) is 0 Å². The van der Waals surface area contributed by atoms with Crippen molar-refractivity contribution in [2.24, 2.45) is 0 Å². The zero-order valence-electron chi connectivity index (χ0n) is 9.37. The van der Waals surface area contributed by atoms with Gasteiger partial charge < -0.3 is 4.74 Å². The van der Waals surface area contributed by atoms with Crippen LogP contribution in [0.4, 0.5) is 4.39 Å². The molecule has 5 heteroatoms. The molecule has 0 amide bonds. The topological polar surface area (TPSA) is 38.3 Å². The van der Waals surface area contributed by atoms with Crippen molar-refractivity contribution in [1.82, 2.24) is 5.32 Å². The Kier molecular flexibility index (Phi) is 5.31. The number of methoxy groups -OCH3 is 1. The van der Waals surface area contributed by atoms with Crippen molar-refractivity contribution < 1.29 is 13.9 Å². The lowest BCUT2D eigenvalue weighted by Crippen LogP contribution is -2.29. The van der Waals surface area contributed by atoms with Crippen LogP contribution in [0.1, 0.15) is 11.6 Å². The Bertz CT molecular complexity index is 423. The van der Waals surface area contributed by atoms with Gasteiger partial charge in [0.05, 0.1) is 11.6 Å². The highest BCUT2D eigenvalue weighted by Crippen LogP contribution is 2.21. The summed E-state index contributed by atoms with van der Waals surface area (Å²) in [5.74, 6) is -0.884. The number of rotatable bonds is 5. The molecule has 1 rings (SSSR count). The lowest BCUT2D eigenvalue weighted by molar-refractivity contribution is -0.143. The van der Waals surface area contributed by atoms with E-state index in [4.69, 9.17) is 0 Å². The van der Waals surface area contributed by atoms with Crippen LogP contribution in [0, 0.1) is 5.82 Å². The molecular formula is C12H13BrFNO2. The minimum Gasteiger partial charge on any atom is -0.468 e. The van der Waals surface area contributed by atoms with Crippen molar-refractivity contribution in [3.05, 3.63) is 46.7 Å².